The number of hydrogen-bond donors (Lipinski definition) is 0. The molecule has 3 nitrogen and oxygen atoms in total. The molecule has 5 aliphatic rings. The van der Waals surface area contributed by atoms with Crippen LogP contribution < -0.4 is 9.64 Å². The summed E-state index contributed by atoms with van der Waals surface area (Å²) in [6.45, 7) is 0. The van der Waals surface area contributed by atoms with Gasteiger partial charge in [-0.1, -0.05) is 169 Å². The molecule has 2 atom stereocenters. The smallest absolute Gasteiger partial charge is 0.143 e. The molecule has 2 heterocycles. The van der Waals surface area contributed by atoms with Gasteiger partial charge in [-0.3, -0.25) is 0 Å². The van der Waals surface area contributed by atoms with E-state index in [9.17, 15) is 0 Å². The Bertz CT molecular complexity index is 3180. The molecule has 1 aliphatic heterocycles. The van der Waals surface area contributed by atoms with Crippen LogP contribution in [0.1, 0.15) is 61.1 Å². The van der Waals surface area contributed by atoms with Gasteiger partial charge in [0, 0.05) is 56.4 Å². The number of para-hydroxylation sites is 3. The standard InChI is InChI=1S/C60H47NO2/c1-3-13-40(14-4-1)45-37-46(41-15-5-2-6-16-41)39-47(38-45)42-25-31-48(32-26-42)61(49-33-27-43(28-34-49)51-19-11-21-55-53-17-7-9-23-57(53)62-59(51)55)50-35-29-44(30-36-50)52-20-12-22-56-54-18-8-10-24-58(54)63-60(52)56/h1-21,23-25,27-29,31,33-35,37-38,47,56H,22,26,30,32,36,39H2. The molecule has 0 amide bonds. The third kappa shape index (κ3) is 6.85. The summed E-state index contributed by atoms with van der Waals surface area (Å²) in [6, 6.07) is 54.2. The number of fused-ring (bicyclic) bond motifs is 6. The molecule has 1 aromatic heterocycles. The number of ether oxygens (including phenoxy) is 1. The summed E-state index contributed by atoms with van der Waals surface area (Å²) in [5.74, 6) is 2.74. The Kier molecular flexibility index (Phi) is 9.40. The van der Waals surface area contributed by atoms with Crippen molar-refractivity contribution in [2.24, 2.45) is 5.92 Å². The average Bonchev–Trinajstić information content (AvgIpc) is 3.94. The van der Waals surface area contributed by atoms with Gasteiger partial charge < -0.3 is 14.1 Å². The van der Waals surface area contributed by atoms with Gasteiger partial charge in [-0.25, -0.2) is 0 Å². The van der Waals surface area contributed by atoms with Gasteiger partial charge in [-0.15, -0.1) is 0 Å². The number of benzene rings is 6. The molecule has 4 aliphatic carbocycles. The van der Waals surface area contributed by atoms with E-state index >= 15 is 0 Å². The van der Waals surface area contributed by atoms with Crippen molar-refractivity contribution < 1.29 is 9.15 Å². The Hall–Kier alpha value is -7.36. The van der Waals surface area contributed by atoms with E-state index in [1.54, 1.807) is 0 Å². The Labute approximate surface area is 369 Å². The molecule has 0 saturated carbocycles. The summed E-state index contributed by atoms with van der Waals surface area (Å²) >= 11 is 0. The van der Waals surface area contributed by atoms with Crippen LogP contribution in [-0.4, -0.2) is 0 Å². The molecule has 304 valence electrons. The van der Waals surface area contributed by atoms with E-state index in [0.29, 0.717) is 11.8 Å². The van der Waals surface area contributed by atoms with E-state index in [4.69, 9.17) is 9.15 Å². The summed E-state index contributed by atoms with van der Waals surface area (Å²) in [7, 11) is 0. The fourth-order valence-corrected chi connectivity index (χ4v) is 10.5. The molecule has 2 unspecified atom stereocenters. The van der Waals surface area contributed by atoms with Crippen LogP contribution in [0.3, 0.4) is 0 Å². The van der Waals surface area contributed by atoms with Crippen molar-refractivity contribution in [1.29, 1.82) is 0 Å². The molecule has 0 saturated heterocycles. The maximum Gasteiger partial charge on any atom is 0.143 e. The summed E-state index contributed by atoms with van der Waals surface area (Å²) < 4.78 is 13.0. The van der Waals surface area contributed by atoms with Gasteiger partial charge in [-0.2, -0.15) is 0 Å². The number of hydrogen-bond acceptors (Lipinski definition) is 3. The molecule has 7 aromatic rings. The zero-order valence-electron chi connectivity index (χ0n) is 35.2. The van der Waals surface area contributed by atoms with Crippen LogP contribution >= 0.6 is 0 Å². The lowest BCUT2D eigenvalue weighted by molar-refractivity contribution is 0.420. The molecule has 0 radical (unpaired) electrons. The van der Waals surface area contributed by atoms with Crippen LogP contribution in [0.5, 0.6) is 5.75 Å². The van der Waals surface area contributed by atoms with Crippen molar-refractivity contribution in [1.82, 2.24) is 0 Å². The molecule has 0 fully saturated rings. The lowest BCUT2D eigenvalue weighted by atomic mass is 9.78. The maximum atomic E-state index is 6.56. The van der Waals surface area contributed by atoms with Crippen LogP contribution in [0.25, 0.3) is 44.2 Å². The Morgan fingerprint density at radius 2 is 1.29 bits per heavy atom. The monoisotopic (exact) mass is 813 g/mol. The zero-order valence-corrected chi connectivity index (χ0v) is 35.2. The zero-order chi connectivity index (χ0) is 41.7. The van der Waals surface area contributed by atoms with E-state index < -0.39 is 0 Å². The minimum Gasteiger partial charge on any atom is -0.460 e. The van der Waals surface area contributed by atoms with Crippen molar-refractivity contribution >= 4 is 38.8 Å². The first kappa shape index (κ1) is 37.4. The Morgan fingerprint density at radius 3 is 2.08 bits per heavy atom. The van der Waals surface area contributed by atoms with Gasteiger partial charge >= 0.3 is 0 Å². The highest BCUT2D eigenvalue weighted by atomic mass is 16.5. The van der Waals surface area contributed by atoms with Crippen LogP contribution in [0.4, 0.5) is 5.69 Å². The number of anilines is 1. The topological polar surface area (TPSA) is 25.6 Å². The predicted octanol–water partition coefficient (Wildman–Crippen LogP) is 15.8. The molecule has 6 aromatic carbocycles. The second-order valence-electron chi connectivity index (χ2n) is 17.4. The van der Waals surface area contributed by atoms with Crippen molar-refractivity contribution in [2.75, 3.05) is 4.90 Å². The summed E-state index contributed by atoms with van der Waals surface area (Å²) in [4.78, 5) is 2.53. The first-order valence-corrected chi connectivity index (χ1v) is 22.5. The van der Waals surface area contributed by atoms with Crippen molar-refractivity contribution in [3.05, 3.63) is 251 Å². The van der Waals surface area contributed by atoms with E-state index in [1.165, 1.54) is 61.6 Å². The van der Waals surface area contributed by atoms with Gasteiger partial charge in [0.25, 0.3) is 0 Å². The summed E-state index contributed by atoms with van der Waals surface area (Å²) in [5.41, 5.74) is 18.6. The minimum atomic E-state index is 0.295. The SMILES string of the molecule is C1=CC(C2=CC=C(N(C3=CC=C(C4C=C(c5ccccc5)C=C(c5ccccc5)C4)CC3)c3ccc(-c4cccc5c4oc4ccccc45)cc3)CC2)=C2Oc3ccccc3C2C1. The average molecular weight is 814 g/mol. The number of nitrogens with zero attached hydrogens (tertiary/aromatic N) is 1. The highest BCUT2D eigenvalue weighted by Gasteiger charge is 2.34. The van der Waals surface area contributed by atoms with Crippen molar-refractivity contribution in [2.45, 2.75) is 44.4 Å². The lowest BCUT2D eigenvalue weighted by Gasteiger charge is -2.34. The van der Waals surface area contributed by atoms with Gasteiger partial charge in [0.2, 0.25) is 0 Å². The van der Waals surface area contributed by atoms with Crippen LogP contribution in [0, 0.1) is 5.92 Å². The normalized spacial score (nSPS) is 19.3. The van der Waals surface area contributed by atoms with E-state index in [2.05, 4.69) is 199 Å². The van der Waals surface area contributed by atoms with Crippen molar-refractivity contribution in [3.8, 4) is 16.9 Å². The van der Waals surface area contributed by atoms with Crippen LogP contribution in [-0.2, 0) is 0 Å². The highest BCUT2D eigenvalue weighted by Crippen LogP contribution is 2.49. The molecule has 0 spiro atoms. The molecular weight excluding hydrogens is 767 g/mol. The van der Waals surface area contributed by atoms with Crippen molar-refractivity contribution in [3.63, 3.8) is 0 Å². The first-order chi connectivity index (χ1) is 31.2. The minimum absolute atomic E-state index is 0.295. The molecule has 63 heavy (non-hydrogen) atoms. The largest absolute Gasteiger partial charge is 0.460 e. The fraction of sp³-hybridized carbons (Fsp3) is 0.133. The first-order valence-electron chi connectivity index (χ1n) is 22.5. The number of allylic oxidation sites excluding steroid dienone is 16. The van der Waals surface area contributed by atoms with Gasteiger partial charge in [-0.05, 0) is 108 Å². The molecule has 0 bridgehead atoms. The maximum absolute atomic E-state index is 6.56. The Balaban J connectivity index is 0.908. The number of rotatable bonds is 8. The third-order valence-corrected chi connectivity index (χ3v) is 13.7. The fourth-order valence-electron chi connectivity index (χ4n) is 10.5. The van der Waals surface area contributed by atoms with Gasteiger partial charge in [0.1, 0.15) is 22.7 Å². The lowest BCUT2D eigenvalue weighted by Crippen LogP contribution is -2.25. The third-order valence-electron chi connectivity index (χ3n) is 13.7. The van der Waals surface area contributed by atoms with E-state index in [0.717, 1.165) is 83.1 Å². The molecule has 12 rings (SSSR count). The van der Waals surface area contributed by atoms with Gasteiger partial charge in [0.05, 0.1) is 0 Å². The van der Waals surface area contributed by atoms with Gasteiger partial charge in [0.15, 0.2) is 0 Å². The van der Waals surface area contributed by atoms with E-state index in [-0.39, 0.29) is 0 Å². The summed E-state index contributed by atoms with van der Waals surface area (Å²) in [6.07, 6.45) is 24.9. The van der Waals surface area contributed by atoms with Crippen LogP contribution in [0.2, 0.25) is 0 Å². The second kappa shape index (κ2) is 15.8. The number of furan rings is 1. The molecule has 0 N–H and O–H groups in total. The highest BCUT2D eigenvalue weighted by molar-refractivity contribution is 6.09. The Morgan fingerprint density at radius 1 is 0.556 bits per heavy atom. The predicted molar refractivity (Wildman–Crippen MR) is 260 cm³/mol. The van der Waals surface area contributed by atoms with E-state index in [1.807, 2.05) is 6.07 Å². The summed E-state index contributed by atoms with van der Waals surface area (Å²) in [5, 5.41) is 2.30. The molecule has 3 heteroatoms. The van der Waals surface area contributed by atoms with Crippen LogP contribution in [0.15, 0.2) is 239 Å². The molecular formula is C60H47NO2. The second-order valence-corrected chi connectivity index (χ2v) is 17.4. The quantitative estimate of drug-likeness (QED) is 0.153.